The molecule has 1 aliphatic rings. The molecule has 0 spiro atoms. The quantitative estimate of drug-likeness (QED) is 0.783. The van der Waals surface area contributed by atoms with Crippen LogP contribution in [0.25, 0.3) is 0 Å². The van der Waals surface area contributed by atoms with Crippen molar-refractivity contribution in [1.82, 2.24) is 10.0 Å². The standard InChI is InChI=1S/C20H24N2O3S/c1-3-19(15-9-7-14(2)8-10-15)21-20(23)16-5-4-6-18(13-16)26(24,25)22-17-11-12-17/h4-10,13,17,19,22H,3,11-12H2,1-2H3,(H,21,23)/t19-/m0/s1. The number of rotatable bonds is 7. The van der Waals surface area contributed by atoms with Crippen LogP contribution in [0.4, 0.5) is 0 Å². The average molecular weight is 372 g/mol. The first kappa shape index (κ1) is 18.6. The zero-order valence-corrected chi connectivity index (χ0v) is 15.8. The summed E-state index contributed by atoms with van der Waals surface area (Å²) in [5, 5.41) is 3.00. The molecular weight excluding hydrogens is 348 g/mol. The molecule has 26 heavy (non-hydrogen) atoms. The Hall–Kier alpha value is -2.18. The smallest absolute Gasteiger partial charge is 0.251 e. The zero-order valence-electron chi connectivity index (χ0n) is 15.0. The Balaban J connectivity index is 1.76. The van der Waals surface area contributed by atoms with E-state index in [2.05, 4.69) is 10.0 Å². The number of sulfonamides is 1. The van der Waals surface area contributed by atoms with E-state index in [9.17, 15) is 13.2 Å². The molecule has 1 aliphatic carbocycles. The lowest BCUT2D eigenvalue weighted by atomic mass is 10.0. The first-order chi connectivity index (χ1) is 12.4. The first-order valence-electron chi connectivity index (χ1n) is 8.89. The van der Waals surface area contributed by atoms with Crippen LogP contribution < -0.4 is 10.0 Å². The van der Waals surface area contributed by atoms with Crippen molar-refractivity contribution in [3.05, 3.63) is 65.2 Å². The molecule has 1 fully saturated rings. The van der Waals surface area contributed by atoms with Gasteiger partial charge in [0, 0.05) is 11.6 Å². The van der Waals surface area contributed by atoms with Crippen molar-refractivity contribution in [3.63, 3.8) is 0 Å². The van der Waals surface area contributed by atoms with E-state index in [1.54, 1.807) is 12.1 Å². The highest BCUT2D eigenvalue weighted by atomic mass is 32.2. The van der Waals surface area contributed by atoms with Gasteiger partial charge in [-0.2, -0.15) is 0 Å². The van der Waals surface area contributed by atoms with Gasteiger partial charge in [-0.1, -0.05) is 42.8 Å². The van der Waals surface area contributed by atoms with E-state index < -0.39 is 10.0 Å². The molecule has 0 aliphatic heterocycles. The van der Waals surface area contributed by atoms with Crippen LogP contribution in [-0.4, -0.2) is 20.4 Å². The summed E-state index contributed by atoms with van der Waals surface area (Å²) in [5.74, 6) is -0.277. The van der Waals surface area contributed by atoms with Crippen molar-refractivity contribution in [1.29, 1.82) is 0 Å². The minimum atomic E-state index is -3.57. The Kier molecular flexibility index (Phi) is 5.44. The van der Waals surface area contributed by atoms with Crippen LogP contribution in [0.15, 0.2) is 53.4 Å². The zero-order chi connectivity index (χ0) is 18.7. The first-order valence-corrected chi connectivity index (χ1v) is 10.4. The normalized spacial score (nSPS) is 15.5. The SMILES string of the molecule is CC[C@H](NC(=O)c1cccc(S(=O)(=O)NC2CC2)c1)c1ccc(C)cc1. The predicted molar refractivity (Wildman–Crippen MR) is 101 cm³/mol. The van der Waals surface area contributed by atoms with Gasteiger partial charge in [0.2, 0.25) is 10.0 Å². The second-order valence-electron chi connectivity index (χ2n) is 6.77. The Morgan fingerprint density at radius 1 is 1.15 bits per heavy atom. The van der Waals surface area contributed by atoms with Crippen molar-refractivity contribution in [2.24, 2.45) is 0 Å². The monoisotopic (exact) mass is 372 g/mol. The molecule has 2 aromatic rings. The minimum Gasteiger partial charge on any atom is -0.345 e. The Bertz CT molecular complexity index is 888. The van der Waals surface area contributed by atoms with Gasteiger partial charge in [-0.3, -0.25) is 4.79 Å². The highest BCUT2D eigenvalue weighted by Gasteiger charge is 2.28. The Morgan fingerprint density at radius 2 is 1.85 bits per heavy atom. The molecule has 138 valence electrons. The van der Waals surface area contributed by atoms with Crippen molar-refractivity contribution < 1.29 is 13.2 Å². The summed E-state index contributed by atoms with van der Waals surface area (Å²) in [6.45, 7) is 4.02. The lowest BCUT2D eigenvalue weighted by molar-refractivity contribution is 0.0935. The number of carbonyl (C=O) groups is 1. The molecule has 1 saturated carbocycles. The van der Waals surface area contributed by atoms with Gasteiger partial charge in [-0.15, -0.1) is 0 Å². The van der Waals surface area contributed by atoms with Crippen LogP contribution in [0.3, 0.4) is 0 Å². The molecule has 1 atom stereocenters. The summed E-state index contributed by atoms with van der Waals surface area (Å²) in [7, 11) is -3.57. The van der Waals surface area contributed by atoms with Crippen molar-refractivity contribution in [3.8, 4) is 0 Å². The van der Waals surface area contributed by atoms with Crippen LogP contribution >= 0.6 is 0 Å². The molecular formula is C20H24N2O3S. The van der Waals surface area contributed by atoms with E-state index in [1.165, 1.54) is 12.1 Å². The summed E-state index contributed by atoms with van der Waals surface area (Å²) >= 11 is 0. The summed E-state index contributed by atoms with van der Waals surface area (Å²) in [6.07, 6.45) is 2.48. The van der Waals surface area contributed by atoms with E-state index in [4.69, 9.17) is 0 Å². The molecule has 6 heteroatoms. The van der Waals surface area contributed by atoms with E-state index in [0.29, 0.717) is 5.56 Å². The third-order valence-electron chi connectivity index (χ3n) is 4.50. The van der Waals surface area contributed by atoms with E-state index in [-0.39, 0.29) is 22.9 Å². The second-order valence-corrected chi connectivity index (χ2v) is 8.48. The van der Waals surface area contributed by atoms with E-state index >= 15 is 0 Å². The van der Waals surface area contributed by atoms with Crippen molar-refractivity contribution in [2.45, 2.75) is 50.1 Å². The third kappa shape index (κ3) is 4.51. The maximum Gasteiger partial charge on any atom is 0.251 e. The molecule has 5 nitrogen and oxygen atoms in total. The highest BCUT2D eigenvalue weighted by molar-refractivity contribution is 7.89. The van der Waals surface area contributed by atoms with Gasteiger partial charge < -0.3 is 5.32 Å². The number of amides is 1. The summed E-state index contributed by atoms with van der Waals surface area (Å²) < 4.78 is 27.3. The fourth-order valence-corrected chi connectivity index (χ4v) is 4.11. The summed E-state index contributed by atoms with van der Waals surface area (Å²) in [6, 6.07) is 14.1. The average Bonchev–Trinajstić information content (AvgIpc) is 3.44. The molecule has 2 aromatic carbocycles. The molecule has 0 heterocycles. The van der Waals surface area contributed by atoms with Crippen molar-refractivity contribution >= 4 is 15.9 Å². The summed E-state index contributed by atoms with van der Waals surface area (Å²) in [4.78, 5) is 12.8. The van der Waals surface area contributed by atoms with Gasteiger partial charge in [0.1, 0.15) is 0 Å². The maximum absolute atomic E-state index is 12.6. The third-order valence-corrected chi connectivity index (χ3v) is 6.02. The lowest BCUT2D eigenvalue weighted by Crippen LogP contribution is -2.29. The fourth-order valence-electron chi connectivity index (χ4n) is 2.75. The van der Waals surface area contributed by atoms with Crippen LogP contribution in [0.1, 0.15) is 53.7 Å². The van der Waals surface area contributed by atoms with Crippen molar-refractivity contribution in [2.75, 3.05) is 0 Å². The van der Waals surface area contributed by atoms with Gasteiger partial charge in [0.25, 0.3) is 5.91 Å². The highest BCUT2D eigenvalue weighted by Crippen LogP contribution is 2.23. The molecule has 0 unspecified atom stereocenters. The van der Waals surface area contributed by atoms with Crippen LogP contribution in [-0.2, 0) is 10.0 Å². The maximum atomic E-state index is 12.6. The van der Waals surface area contributed by atoms with Gasteiger partial charge in [-0.25, -0.2) is 13.1 Å². The van der Waals surface area contributed by atoms with E-state index in [0.717, 1.165) is 30.4 Å². The van der Waals surface area contributed by atoms with Gasteiger partial charge in [0.05, 0.1) is 10.9 Å². The van der Waals surface area contributed by atoms with Crippen LogP contribution in [0, 0.1) is 6.92 Å². The number of hydrogen-bond acceptors (Lipinski definition) is 3. The lowest BCUT2D eigenvalue weighted by Gasteiger charge is -2.18. The van der Waals surface area contributed by atoms with Crippen LogP contribution in [0.5, 0.6) is 0 Å². The molecule has 0 aromatic heterocycles. The Morgan fingerprint density at radius 3 is 2.46 bits per heavy atom. The predicted octanol–water partition coefficient (Wildman–Crippen LogP) is 3.32. The molecule has 2 N–H and O–H groups in total. The largest absolute Gasteiger partial charge is 0.345 e. The van der Waals surface area contributed by atoms with Crippen LogP contribution in [0.2, 0.25) is 0 Å². The number of carbonyl (C=O) groups excluding carboxylic acids is 1. The van der Waals surface area contributed by atoms with Gasteiger partial charge >= 0.3 is 0 Å². The molecule has 1 amide bonds. The number of nitrogens with one attached hydrogen (secondary N) is 2. The number of benzene rings is 2. The van der Waals surface area contributed by atoms with Gasteiger partial charge in [0.15, 0.2) is 0 Å². The molecule has 0 radical (unpaired) electrons. The summed E-state index contributed by atoms with van der Waals surface area (Å²) in [5.41, 5.74) is 2.54. The molecule has 0 saturated heterocycles. The number of aryl methyl sites for hydroxylation is 1. The topological polar surface area (TPSA) is 75.3 Å². The van der Waals surface area contributed by atoms with Gasteiger partial charge in [-0.05, 0) is 49.9 Å². The fraction of sp³-hybridized carbons (Fsp3) is 0.350. The molecule has 3 rings (SSSR count). The minimum absolute atomic E-state index is 0.0310. The molecule has 0 bridgehead atoms. The van der Waals surface area contributed by atoms with E-state index in [1.807, 2.05) is 38.1 Å². The number of hydrogen-bond donors (Lipinski definition) is 2. The second kappa shape index (κ2) is 7.60. The Labute approximate surface area is 154 Å².